The van der Waals surface area contributed by atoms with Crippen LogP contribution in [-0.2, 0) is 14.3 Å². The third-order valence-corrected chi connectivity index (χ3v) is 6.24. The summed E-state index contributed by atoms with van der Waals surface area (Å²) in [5.41, 5.74) is 2.09. The maximum absolute atomic E-state index is 12.6. The van der Waals surface area contributed by atoms with E-state index in [0.29, 0.717) is 19.7 Å². The summed E-state index contributed by atoms with van der Waals surface area (Å²) in [7, 11) is 0. The molecule has 1 atom stereocenters. The number of likely N-dealkylation sites (tertiary alicyclic amines) is 1. The topological polar surface area (TPSA) is 61.9 Å². The Kier molecular flexibility index (Phi) is 6.15. The molecule has 3 aliphatic rings. The smallest absolute Gasteiger partial charge is 0.251 e. The van der Waals surface area contributed by atoms with Crippen LogP contribution in [0.5, 0.6) is 0 Å². The van der Waals surface area contributed by atoms with Gasteiger partial charge in [-0.15, -0.1) is 0 Å². The molecule has 4 rings (SSSR count). The molecule has 0 radical (unpaired) electrons. The number of hydrogen-bond donors (Lipinski definition) is 1. The van der Waals surface area contributed by atoms with Crippen LogP contribution in [0.1, 0.15) is 44.9 Å². The maximum Gasteiger partial charge on any atom is 0.251 e. The van der Waals surface area contributed by atoms with Gasteiger partial charge in [-0.1, -0.05) is 0 Å². The summed E-state index contributed by atoms with van der Waals surface area (Å²) in [5.74, 6) is 0.134. The number of ether oxygens (including phenoxy) is 1. The number of amides is 2. The van der Waals surface area contributed by atoms with E-state index in [1.165, 1.54) is 24.9 Å². The van der Waals surface area contributed by atoms with Gasteiger partial charge in [0.05, 0.1) is 0 Å². The zero-order valence-electron chi connectivity index (χ0n) is 16.6. The minimum Gasteiger partial charge on any atom is -0.372 e. The molecule has 3 fully saturated rings. The Morgan fingerprint density at radius 3 is 2.25 bits per heavy atom. The molecule has 0 spiro atoms. The van der Waals surface area contributed by atoms with Gasteiger partial charge in [0.2, 0.25) is 5.91 Å². The van der Waals surface area contributed by atoms with E-state index >= 15 is 0 Å². The van der Waals surface area contributed by atoms with Gasteiger partial charge in [0.25, 0.3) is 5.91 Å². The van der Waals surface area contributed by atoms with Gasteiger partial charge in [0, 0.05) is 50.1 Å². The number of benzene rings is 1. The molecular weight excluding hydrogens is 354 g/mol. The highest BCUT2D eigenvalue weighted by molar-refractivity contribution is 5.93. The standard InChI is InChI=1S/C22H31N3O3/c26-21(17-10-14-25(15-11-17)22(27)20-5-4-16-28-20)23-18-6-8-19(9-7-18)24-12-2-1-3-13-24/h6-9,17,20H,1-5,10-16H2,(H,23,26). The van der Waals surface area contributed by atoms with E-state index in [9.17, 15) is 9.59 Å². The Morgan fingerprint density at radius 2 is 1.61 bits per heavy atom. The molecule has 6 nitrogen and oxygen atoms in total. The van der Waals surface area contributed by atoms with Gasteiger partial charge in [-0.3, -0.25) is 9.59 Å². The predicted molar refractivity (Wildman–Crippen MR) is 109 cm³/mol. The highest BCUT2D eigenvalue weighted by Crippen LogP contribution is 2.25. The van der Waals surface area contributed by atoms with Crippen molar-refractivity contribution in [1.82, 2.24) is 4.90 Å². The summed E-state index contributed by atoms with van der Waals surface area (Å²) < 4.78 is 5.50. The van der Waals surface area contributed by atoms with Crippen molar-refractivity contribution in [2.75, 3.05) is 43.0 Å². The van der Waals surface area contributed by atoms with Crippen LogP contribution in [0, 0.1) is 5.92 Å². The second-order valence-corrected chi connectivity index (χ2v) is 8.19. The van der Waals surface area contributed by atoms with Gasteiger partial charge in [-0.05, 0) is 69.2 Å². The van der Waals surface area contributed by atoms with Gasteiger partial charge < -0.3 is 19.9 Å². The first-order valence-corrected chi connectivity index (χ1v) is 10.8. The normalized spacial score (nSPS) is 23.6. The monoisotopic (exact) mass is 385 g/mol. The maximum atomic E-state index is 12.6. The third kappa shape index (κ3) is 4.49. The number of carbonyl (C=O) groups excluding carboxylic acids is 2. The van der Waals surface area contributed by atoms with Gasteiger partial charge in [-0.25, -0.2) is 0 Å². The van der Waals surface area contributed by atoms with Crippen LogP contribution >= 0.6 is 0 Å². The largest absolute Gasteiger partial charge is 0.372 e. The fraction of sp³-hybridized carbons (Fsp3) is 0.636. The van der Waals surface area contributed by atoms with Crippen molar-refractivity contribution in [3.05, 3.63) is 24.3 Å². The van der Waals surface area contributed by atoms with Crippen molar-refractivity contribution in [2.24, 2.45) is 5.92 Å². The summed E-state index contributed by atoms with van der Waals surface area (Å²) in [4.78, 5) is 29.3. The molecule has 0 bridgehead atoms. The SMILES string of the molecule is O=C(Nc1ccc(N2CCCCC2)cc1)C1CCN(C(=O)C2CCCO2)CC1. The van der Waals surface area contributed by atoms with E-state index in [4.69, 9.17) is 4.74 Å². The Balaban J connectivity index is 1.25. The highest BCUT2D eigenvalue weighted by atomic mass is 16.5. The van der Waals surface area contributed by atoms with E-state index in [1.807, 2.05) is 17.0 Å². The van der Waals surface area contributed by atoms with Crippen LogP contribution in [-0.4, -0.2) is 55.6 Å². The zero-order chi connectivity index (χ0) is 19.3. The minimum atomic E-state index is -0.260. The van der Waals surface area contributed by atoms with Crippen LogP contribution in [0.3, 0.4) is 0 Å². The van der Waals surface area contributed by atoms with E-state index in [0.717, 1.165) is 44.5 Å². The highest BCUT2D eigenvalue weighted by Gasteiger charge is 2.32. The number of nitrogens with one attached hydrogen (secondary N) is 1. The number of anilines is 2. The summed E-state index contributed by atoms with van der Waals surface area (Å²) in [6, 6.07) is 8.20. The van der Waals surface area contributed by atoms with Gasteiger partial charge in [0.1, 0.15) is 6.10 Å². The summed E-state index contributed by atoms with van der Waals surface area (Å²) >= 11 is 0. The van der Waals surface area contributed by atoms with Crippen molar-refractivity contribution in [1.29, 1.82) is 0 Å². The van der Waals surface area contributed by atoms with Crippen LogP contribution in [0.15, 0.2) is 24.3 Å². The van der Waals surface area contributed by atoms with E-state index in [-0.39, 0.29) is 23.8 Å². The molecule has 1 aromatic rings. The van der Waals surface area contributed by atoms with Gasteiger partial charge >= 0.3 is 0 Å². The molecule has 0 aromatic heterocycles. The van der Waals surface area contributed by atoms with E-state index in [1.54, 1.807) is 0 Å². The number of nitrogens with zero attached hydrogens (tertiary/aromatic N) is 2. The molecule has 152 valence electrons. The lowest BCUT2D eigenvalue weighted by Gasteiger charge is -2.32. The van der Waals surface area contributed by atoms with Crippen molar-refractivity contribution in [3.8, 4) is 0 Å². The van der Waals surface area contributed by atoms with E-state index < -0.39 is 0 Å². The third-order valence-electron chi connectivity index (χ3n) is 6.24. The van der Waals surface area contributed by atoms with Gasteiger partial charge in [0.15, 0.2) is 0 Å². The van der Waals surface area contributed by atoms with Crippen LogP contribution < -0.4 is 10.2 Å². The molecule has 1 aromatic carbocycles. The molecule has 2 amide bonds. The molecule has 3 heterocycles. The quantitative estimate of drug-likeness (QED) is 0.865. The molecule has 3 aliphatic heterocycles. The Labute approximate surface area is 167 Å². The molecule has 3 saturated heterocycles. The Morgan fingerprint density at radius 1 is 0.893 bits per heavy atom. The summed E-state index contributed by atoms with van der Waals surface area (Å²) in [6.07, 6.45) is 6.80. The zero-order valence-corrected chi connectivity index (χ0v) is 16.6. The average molecular weight is 386 g/mol. The number of carbonyl (C=O) groups is 2. The number of hydrogen-bond acceptors (Lipinski definition) is 4. The van der Waals surface area contributed by atoms with Crippen molar-refractivity contribution < 1.29 is 14.3 Å². The molecular formula is C22H31N3O3. The number of piperidine rings is 2. The molecule has 1 unspecified atom stereocenters. The lowest BCUT2D eigenvalue weighted by molar-refractivity contribution is -0.143. The molecule has 0 aliphatic carbocycles. The summed E-state index contributed by atoms with van der Waals surface area (Å²) in [5, 5.41) is 3.06. The van der Waals surface area contributed by atoms with Crippen molar-refractivity contribution >= 4 is 23.2 Å². The minimum absolute atomic E-state index is 0.0321. The van der Waals surface area contributed by atoms with Crippen LogP contribution in [0.2, 0.25) is 0 Å². The van der Waals surface area contributed by atoms with Crippen LogP contribution in [0.25, 0.3) is 0 Å². The molecule has 1 N–H and O–H groups in total. The lowest BCUT2D eigenvalue weighted by atomic mass is 9.95. The first-order chi connectivity index (χ1) is 13.7. The Bertz CT molecular complexity index is 671. The first kappa shape index (κ1) is 19.2. The van der Waals surface area contributed by atoms with Crippen LogP contribution in [0.4, 0.5) is 11.4 Å². The van der Waals surface area contributed by atoms with Crippen molar-refractivity contribution in [2.45, 2.75) is 51.0 Å². The molecule has 6 heteroatoms. The molecule has 0 saturated carbocycles. The molecule has 28 heavy (non-hydrogen) atoms. The van der Waals surface area contributed by atoms with E-state index in [2.05, 4.69) is 22.3 Å². The second-order valence-electron chi connectivity index (χ2n) is 8.19. The fourth-order valence-electron chi connectivity index (χ4n) is 4.49. The van der Waals surface area contributed by atoms with Gasteiger partial charge in [-0.2, -0.15) is 0 Å². The Hall–Kier alpha value is -2.08. The predicted octanol–water partition coefficient (Wildman–Crippen LogP) is 3.03. The van der Waals surface area contributed by atoms with Crippen molar-refractivity contribution in [3.63, 3.8) is 0 Å². The average Bonchev–Trinajstić information content (AvgIpc) is 3.29. The fourth-order valence-corrected chi connectivity index (χ4v) is 4.49. The second kappa shape index (κ2) is 8.95. The lowest BCUT2D eigenvalue weighted by Crippen LogP contribution is -2.45. The first-order valence-electron chi connectivity index (χ1n) is 10.8. The summed E-state index contributed by atoms with van der Waals surface area (Å²) in [6.45, 7) is 4.21. The number of rotatable bonds is 4.